The van der Waals surface area contributed by atoms with Gasteiger partial charge in [-0.25, -0.2) is 4.39 Å². The summed E-state index contributed by atoms with van der Waals surface area (Å²) < 4.78 is 13.4. The number of aromatic nitrogens is 1. The molecule has 0 radical (unpaired) electrons. The molecule has 1 amide bonds. The van der Waals surface area contributed by atoms with Gasteiger partial charge in [-0.05, 0) is 23.8 Å². The molecule has 2 heterocycles. The van der Waals surface area contributed by atoms with Crippen molar-refractivity contribution in [2.45, 2.75) is 25.1 Å². The first-order valence-electron chi connectivity index (χ1n) is 6.88. The molecule has 6 heteroatoms. The highest BCUT2D eigenvalue weighted by molar-refractivity contribution is 6.31. The number of alkyl halides is 1. The monoisotopic (exact) mass is 310 g/mol. The van der Waals surface area contributed by atoms with E-state index < -0.39 is 12.2 Å². The van der Waals surface area contributed by atoms with Crippen LogP contribution in [0.25, 0.3) is 10.9 Å². The van der Waals surface area contributed by atoms with Crippen LogP contribution in [0.5, 0.6) is 0 Å². The zero-order valence-electron chi connectivity index (χ0n) is 11.4. The first-order chi connectivity index (χ1) is 10.1. The second-order valence-electron chi connectivity index (χ2n) is 5.40. The zero-order chi connectivity index (χ0) is 15.0. The summed E-state index contributed by atoms with van der Waals surface area (Å²) in [6.45, 7) is -0.140. The third-order valence-electron chi connectivity index (χ3n) is 3.97. The molecule has 0 saturated carbocycles. The van der Waals surface area contributed by atoms with Crippen molar-refractivity contribution in [3.63, 3.8) is 0 Å². The molecule has 1 aliphatic heterocycles. The maximum atomic E-state index is 13.4. The number of hydrogen-bond acceptors (Lipinski definition) is 2. The molecular formula is C15H16ClFN2O2. The Morgan fingerprint density at radius 1 is 1.52 bits per heavy atom. The number of carbonyl (C=O) groups excluding carboxylic acids is 1. The van der Waals surface area contributed by atoms with E-state index in [0.29, 0.717) is 5.02 Å². The lowest BCUT2D eigenvalue weighted by atomic mass is 10.1. The second kappa shape index (κ2) is 5.66. The summed E-state index contributed by atoms with van der Waals surface area (Å²) in [5.41, 5.74) is 1.74. The van der Waals surface area contributed by atoms with Crippen LogP contribution < -0.4 is 0 Å². The molecule has 4 nitrogen and oxygen atoms in total. The molecular weight excluding hydrogens is 295 g/mol. The van der Waals surface area contributed by atoms with E-state index in [2.05, 4.69) is 4.98 Å². The molecule has 1 aliphatic rings. The number of likely N-dealkylation sites (tertiary alicyclic amines) is 1. The van der Waals surface area contributed by atoms with Crippen LogP contribution in [0.15, 0.2) is 24.4 Å². The molecule has 2 N–H and O–H groups in total. The number of aliphatic hydroxyl groups excluding tert-OH is 1. The minimum atomic E-state index is -1.05. The van der Waals surface area contributed by atoms with E-state index in [-0.39, 0.29) is 31.9 Å². The number of carbonyl (C=O) groups is 1. The number of halogens is 2. The van der Waals surface area contributed by atoms with Gasteiger partial charge < -0.3 is 15.0 Å². The normalized spacial score (nSPS) is 22.1. The van der Waals surface area contributed by atoms with Gasteiger partial charge in [-0.1, -0.05) is 11.6 Å². The van der Waals surface area contributed by atoms with Crippen molar-refractivity contribution in [1.29, 1.82) is 0 Å². The molecule has 21 heavy (non-hydrogen) atoms. The third-order valence-corrected chi connectivity index (χ3v) is 4.20. The van der Waals surface area contributed by atoms with E-state index in [9.17, 15) is 14.3 Å². The highest BCUT2D eigenvalue weighted by atomic mass is 35.5. The molecule has 3 rings (SSSR count). The van der Waals surface area contributed by atoms with E-state index in [4.69, 9.17) is 11.6 Å². The van der Waals surface area contributed by atoms with Crippen molar-refractivity contribution in [2.75, 3.05) is 13.2 Å². The predicted molar refractivity (Wildman–Crippen MR) is 79.1 cm³/mol. The summed E-state index contributed by atoms with van der Waals surface area (Å²) in [6, 6.07) is 5.03. The smallest absolute Gasteiger partial charge is 0.227 e. The maximum absolute atomic E-state index is 13.4. The van der Waals surface area contributed by atoms with Crippen molar-refractivity contribution in [3.05, 3.63) is 35.0 Å². The van der Waals surface area contributed by atoms with Crippen LogP contribution >= 0.6 is 11.6 Å². The topological polar surface area (TPSA) is 56.3 Å². The van der Waals surface area contributed by atoms with Gasteiger partial charge in [-0.15, -0.1) is 0 Å². The van der Waals surface area contributed by atoms with Gasteiger partial charge in [0.25, 0.3) is 0 Å². The number of aromatic amines is 1. The van der Waals surface area contributed by atoms with Crippen LogP contribution in [0, 0.1) is 0 Å². The highest BCUT2D eigenvalue weighted by Gasteiger charge is 2.34. The highest BCUT2D eigenvalue weighted by Crippen LogP contribution is 2.25. The maximum Gasteiger partial charge on any atom is 0.227 e. The fraction of sp³-hybridized carbons (Fsp3) is 0.400. The van der Waals surface area contributed by atoms with Gasteiger partial charge in [-0.2, -0.15) is 0 Å². The minimum Gasteiger partial charge on any atom is -0.394 e. The van der Waals surface area contributed by atoms with Gasteiger partial charge >= 0.3 is 0 Å². The lowest BCUT2D eigenvalue weighted by Gasteiger charge is -2.22. The van der Waals surface area contributed by atoms with E-state index >= 15 is 0 Å². The summed E-state index contributed by atoms with van der Waals surface area (Å²) in [7, 11) is 0. The Morgan fingerprint density at radius 3 is 3.10 bits per heavy atom. The average Bonchev–Trinajstić information content (AvgIpc) is 3.02. The standard InChI is InChI=1S/C15H16ClFN2O2/c16-10-1-2-14-13(4-10)9(6-18-14)3-15(21)19-7-11(17)5-12(19)8-20/h1-2,4,6,11-12,18,20H,3,5,7-8H2/t11-,12-/m0/s1. The van der Waals surface area contributed by atoms with Gasteiger partial charge in [0.15, 0.2) is 0 Å². The first kappa shape index (κ1) is 14.4. The quantitative estimate of drug-likeness (QED) is 0.914. The summed E-state index contributed by atoms with van der Waals surface area (Å²) >= 11 is 5.98. The second-order valence-corrected chi connectivity index (χ2v) is 5.83. The van der Waals surface area contributed by atoms with Crippen molar-refractivity contribution >= 4 is 28.4 Å². The van der Waals surface area contributed by atoms with Crippen molar-refractivity contribution in [2.24, 2.45) is 0 Å². The van der Waals surface area contributed by atoms with Gasteiger partial charge in [-0.3, -0.25) is 4.79 Å². The number of nitrogens with zero attached hydrogens (tertiary/aromatic N) is 1. The van der Waals surface area contributed by atoms with Crippen molar-refractivity contribution in [3.8, 4) is 0 Å². The molecule has 2 atom stereocenters. The Hall–Kier alpha value is -1.59. The number of amides is 1. The molecule has 0 aliphatic carbocycles. The predicted octanol–water partition coefficient (Wildman–Crippen LogP) is 2.30. The van der Waals surface area contributed by atoms with Crippen molar-refractivity contribution < 1.29 is 14.3 Å². The van der Waals surface area contributed by atoms with Gasteiger partial charge in [0.05, 0.1) is 25.6 Å². The molecule has 1 aromatic carbocycles. The SMILES string of the molecule is O=C(Cc1c[nH]c2ccc(Cl)cc12)N1C[C@@H](F)C[C@H]1CO. The third kappa shape index (κ3) is 2.76. The van der Waals surface area contributed by atoms with Crippen molar-refractivity contribution in [1.82, 2.24) is 9.88 Å². The average molecular weight is 311 g/mol. The Kier molecular flexibility index (Phi) is 3.87. The molecule has 112 valence electrons. The van der Waals surface area contributed by atoms with Crippen LogP contribution in [0.3, 0.4) is 0 Å². The van der Waals surface area contributed by atoms with Crippen LogP contribution in [0.1, 0.15) is 12.0 Å². The van der Waals surface area contributed by atoms with E-state index in [1.807, 2.05) is 12.1 Å². The van der Waals surface area contributed by atoms with Gasteiger partial charge in [0, 0.05) is 28.5 Å². The molecule has 1 saturated heterocycles. The Bertz CT molecular complexity index is 673. The minimum absolute atomic E-state index is 0.0627. The summed E-state index contributed by atoms with van der Waals surface area (Å²) in [4.78, 5) is 16.9. The molecule has 0 bridgehead atoms. The number of aliphatic hydroxyl groups is 1. The van der Waals surface area contributed by atoms with E-state index in [0.717, 1.165) is 16.5 Å². The number of rotatable bonds is 3. The van der Waals surface area contributed by atoms with E-state index in [1.165, 1.54) is 4.90 Å². The van der Waals surface area contributed by atoms with Crippen LogP contribution in [0.4, 0.5) is 4.39 Å². The summed E-state index contributed by atoms with van der Waals surface area (Å²) in [5, 5.41) is 10.8. The van der Waals surface area contributed by atoms with Crippen LogP contribution in [-0.4, -0.2) is 46.3 Å². The largest absolute Gasteiger partial charge is 0.394 e. The van der Waals surface area contributed by atoms with Gasteiger partial charge in [0.2, 0.25) is 5.91 Å². The Balaban J connectivity index is 1.81. The lowest BCUT2D eigenvalue weighted by Crippen LogP contribution is -2.38. The first-order valence-corrected chi connectivity index (χ1v) is 7.26. The molecule has 0 unspecified atom stereocenters. The van der Waals surface area contributed by atoms with E-state index in [1.54, 1.807) is 12.3 Å². The van der Waals surface area contributed by atoms with Gasteiger partial charge in [0.1, 0.15) is 6.17 Å². The number of nitrogens with one attached hydrogen (secondary N) is 1. The van der Waals surface area contributed by atoms with Crippen LogP contribution in [0.2, 0.25) is 5.02 Å². The Labute approximate surface area is 126 Å². The molecule has 1 aromatic heterocycles. The zero-order valence-corrected chi connectivity index (χ0v) is 12.1. The fourth-order valence-electron chi connectivity index (χ4n) is 2.90. The Morgan fingerprint density at radius 2 is 2.33 bits per heavy atom. The summed E-state index contributed by atoms with van der Waals surface area (Å²) in [6.07, 6.45) is 1.10. The summed E-state index contributed by atoms with van der Waals surface area (Å²) in [5.74, 6) is -0.171. The lowest BCUT2D eigenvalue weighted by molar-refractivity contribution is -0.132. The van der Waals surface area contributed by atoms with Crippen LogP contribution in [-0.2, 0) is 11.2 Å². The fourth-order valence-corrected chi connectivity index (χ4v) is 3.07. The number of hydrogen-bond donors (Lipinski definition) is 2. The molecule has 2 aromatic rings. The molecule has 0 spiro atoms. The molecule has 1 fully saturated rings. The number of benzene rings is 1. The number of fused-ring (bicyclic) bond motifs is 1. The number of H-pyrrole nitrogens is 1.